The zero-order valence-corrected chi connectivity index (χ0v) is 13.3. The van der Waals surface area contributed by atoms with Crippen molar-refractivity contribution in [3.8, 4) is 11.6 Å². The second-order valence-corrected chi connectivity index (χ2v) is 6.40. The van der Waals surface area contributed by atoms with E-state index < -0.39 is 0 Å². The minimum atomic E-state index is 0.0286. The van der Waals surface area contributed by atoms with Crippen LogP contribution in [-0.4, -0.2) is 11.5 Å². The van der Waals surface area contributed by atoms with Crippen LogP contribution in [0.2, 0.25) is 0 Å². The number of nitrogens with two attached hydrogens (primary N) is 1. The summed E-state index contributed by atoms with van der Waals surface area (Å²) >= 11 is 0. The predicted molar refractivity (Wildman–Crippen MR) is 86.9 cm³/mol. The lowest BCUT2D eigenvalue weighted by atomic mass is 9.85. The molecule has 0 aliphatic rings. The molecular formula is C18H24N2O. The van der Waals surface area contributed by atoms with Gasteiger partial charge in [0, 0.05) is 17.8 Å². The Morgan fingerprint density at radius 3 is 2.48 bits per heavy atom. The smallest absolute Gasteiger partial charge is 0.219 e. The van der Waals surface area contributed by atoms with E-state index in [2.05, 4.69) is 44.8 Å². The summed E-state index contributed by atoms with van der Waals surface area (Å²) in [6, 6.07) is 10.2. The first kappa shape index (κ1) is 15.5. The van der Waals surface area contributed by atoms with Gasteiger partial charge in [-0.05, 0) is 36.9 Å². The van der Waals surface area contributed by atoms with Gasteiger partial charge in [0.25, 0.3) is 0 Å². The van der Waals surface area contributed by atoms with Gasteiger partial charge in [-0.2, -0.15) is 0 Å². The summed E-state index contributed by atoms with van der Waals surface area (Å²) in [7, 11) is 0. The first-order chi connectivity index (χ1) is 9.90. The molecule has 0 spiro atoms. The van der Waals surface area contributed by atoms with Crippen LogP contribution >= 0.6 is 0 Å². The molecule has 1 heterocycles. The fourth-order valence-electron chi connectivity index (χ4n) is 2.22. The van der Waals surface area contributed by atoms with E-state index in [0.717, 1.165) is 17.7 Å². The summed E-state index contributed by atoms with van der Waals surface area (Å²) < 4.78 is 5.98. The number of aromatic nitrogens is 1. The van der Waals surface area contributed by atoms with Crippen molar-refractivity contribution < 1.29 is 4.74 Å². The highest BCUT2D eigenvalue weighted by molar-refractivity contribution is 5.43. The molecule has 2 aromatic rings. The van der Waals surface area contributed by atoms with Crippen molar-refractivity contribution in [2.24, 2.45) is 5.73 Å². The van der Waals surface area contributed by atoms with Gasteiger partial charge in [0.15, 0.2) is 0 Å². The Kier molecular flexibility index (Phi) is 4.63. The monoisotopic (exact) mass is 284 g/mol. The molecule has 0 aliphatic carbocycles. The maximum Gasteiger partial charge on any atom is 0.219 e. The van der Waals surface area contributed by atoms with E-state index >= 15 is 0 Å². The Bertz CT molecular complexity index is 598. The van der Waals surface area contributed by atoms with Crippen LogP contribution in [0.25, 0.3) is 0 Å². The van der Waals surface area contributed by atoms with Crippen molar-refractivity contribution in [2.75, 3.05) is 6.54 Å². The molecule has 0 aliphatic heterocycles. The summed E-state index contributed by atoms with van der Waals surface area (Å²) in [6.07, 6.45) is 2.66. The van der Waals surface area contributed by atoms with Crippen LogP contribution in [0.4, 0.5) is 0 Å². The number of hydrogen-bond donors (Lipinski definition) is 1. The third-order valence-corrected chi connectivity index (χ3v) is 3.39. The van der Waals surface area contributed by atoms with Crippen LogP contribution in [0.1, 0.15) is 37.5 Å². The average Bonchev–Trinajstić information content (AvgIpc) is 2.42. The molecule has 0 saturated heterocycles. The van der Waals surface area contributed by atoms with Gasteiger partial charge >= 0.3 is 0 Å². The molecule has 0 saturated carbocycles. The van der Waals surface area contributed by atoms with Crippen molar-refractivity contribution in [1.82, 2.24) is 4.98 Å². The van der Waals surface area contributed by atoms with Crippen molar-refractivity contribution in [3.63, 3.8) is 0 Å². The molecule has 0 fully saturated rings. The molecule has 0 radical (unpaired) electrons. The number of ether oxygens (including phenoxy) is 1. The molecule has 0 atom stereocenters. The second kappa shape index (κ2) is 6.27. The fraction of sp³-hybridized carbons (Fsp3) is 0.389. The molecule has 112 valence electrons. The molecule has 2 rings (SSSR count). The van der Waals surface area contributed by atoms with Crippen molar-refractivity contribution in [3.05, 3.63) is 53.2 Å². The van der Waals surface area contributed by atoms with Gasteiger partial charge < -0.3 is 10.5 Å². The summed E-state index contributed by atoms with van der Waals surface area (Å²) in [6.45, 7) is 9.29. The molecule has 2 N–H and O–H groups in total. The lowest BCUT2D eigenvalue weighted by molar-refractivity contribution is 0.439. The summed E-state index contributed by atoms with van der Waals surface area (Å²) in [5.74, 6) is 1.48. The van der Waals surface area contributed by atoms with Gasteiger partial charge in [0.05, 0.1) is 0 Å². The second-order valence-electron chi connectivity index (χ2n) is 6.40. The van der Waals surface area contributed by atoms with E-state index in [1.54, 1.807) is 0 Å². The van der Waals surface area contributed by atoms with Gasteiger partial charge in [0.1, 0.15) is 5.75 Å². The van der Waals surface area contributed by atoms with Crippen LogP contribution in [-0.2, 0) is 11.8 Å². The molecule has 1 aromatic carbocycles. The van der Waals surface area contributed by atoms with Crippen LogP contribution in [0.15, 0.2) is 36.5 Å². The van der Waals surface area contributed by atoms with Gasteiger partial charge in [0.2, 0.25) is 5.88 Å². The van der Waals surface area contributed by atoms with E-state index in [9.17, 15) is 0 Å². The summed E-state index contributed by atoms with van der Waals surface area (Å²) in [4.78, 5) is 4.36. The van der Waals surface area contributed by atoms with Gasteiger partial charge in [-0.15, -0.1) is 0 Å². The third-order valence-electron chi connectivity index (χ3n) is 3.39. The SMILES string of the molecule is Cc1ccc(Oc2ccc(CCN)cn2)c(C(C)(C)C)c1. The van der Waals surface area contributed by atoms with E-state index in [4.69, 9.17) is 10.5 Å². The number of aryl methyl sites for hydroxylation is 1. The van der Waals surface area contributed by atoms with E-state index in [1.165, 1.54) is 11.1 Å². The van der Waals surface area contributed by atoms with Crippen molar-refractivity contribution in [1.29, 1.82) is 0 Å². The number of benzene rings is 1. The molecule has 3 heteroatoms. The van der Waals surface area contributed by atoms with Crippen molar-refractivity contribution in [2.45, 2.75) is 39.5 Å². The molecule has 0 unspecified atom stereocenters. The Morgan fingerprint density at radius 2 is 1.90 bits per heavy atom. The molecule has 21 heavy (non-hydrogen) atoms. The first-order valence-electron chi connectivity index (χ1n) is 7.34. The molecule has 1 aromatic heterocycles. The number of nitrogens with zero attached hydrogens (tertiary/aromatic N) is 1. The zero-order valence-electron chi connectivity index (χ0n) is 13.3. The third kappa shape index (κ3) is 4.05. The average molecular weight is 284 g/mol. The molecule has 3 nitrogen and oxygen atoms in total. The lowest BCUT2D eigenvalue weighted by Gasteiger charge is -2.23. The van der Waals surface area contributed by atoms with Gasteiger partial charge in [-0.1, -0.05) is 44.5 Å². The number of rotatable bonds is 4. The van der Waals surface area contributed by atoms with Crippen LogP contribution in [0, 0.1) is 6.92 Å². The van der Waals surface area contributed by atoms with E-state index in [0.29, 0.717) is 12.4 Å². The Hall–Kier alpha value is -1.87. The highest BCUT2D eigenvalue weighted by Gasteiger charge is 2.19. The van der Waals surface area contributed by atoms with E-state index in [-0.39, 0.29) is 5.41 Å². The molecule has 0 amide bonds. The van der Waals surface area contributed by atoms with Crippen LogP contribution in [0.3, 0.4) is 0 Å². The van der Waals surface area contributed by atoms with Crippen LogP contribution in [0.5, 0.6) is 11.6 Å². The summed E-state index contributed by atoms with van der Waals surface area (Å²) in [5, 5.41) is 0. The standard InChI is InChI=1S/C18H24N2O/c1-13-5-7-16(15(11-13)18(2,3)4)21-17-8-6-14(9-10-19)12-20-17/h5-8,11-12H,9-10,19H2,1-4H3. The van der Waals surface area contributed by atoms with Crippen molar-refractivity contribution >= 4 is 0 Å². The predicted octanol–water partition coefficient (Wildman–Crippen LogP) is 3.98. The zero-order chi connectivity index (χ0) is 15.5. The fourth-order valence-corrected chi connectivity index (χ4v) is 2.22. The maximum atomic E-state index is 5.98. The number of hydrogen-bond acceptors (Lipinski definition) is 3. The minimum absolute atomic E-state index is 0.0286. The normalized spacial score (nSPS) is 11.5. The largest absolute Gasteiger partial charge is 0.439 e. The molecule has 0 bridgehead atoms. The quantitative estimate of drug-likeness (QED) is 0.923. The minimum Gasteiger partial charge on any atom is -0.439 e. The maximum absolute atomic E-state index is 5.98. The van der Waals surface area contributed by atoms with Gasteiger partial charge in [-0.3, -0.25) is 0 Å². The lowest BCUT2D eigenvalue weighted by Crippen LogP contribution is -2.13. The number of pyridine rings is 1. The highest BCUT2D eigenvalue weighted by atomic mass is 16.5. The Balaban J connectivity index is 2.27. The topological polar surface area (TPSA) is 48.1 Å². The molecular weight excluding hydrogens is 260 g/mol. The first-order valence-corrected chi connectivity index (χ1v) is 7.34. The Labute approximate surface area is 127 Å². The Morgan fingerprint density at radius 1 is 1.14 bits per heavy atom. The highest BCUT2D eigenvalue weighted by Crippen LogP contribution is 2.34. The van der Waals surface area contributed by atoms with Gasteiger partial charge in [-0.25, -0.2) is 4.98 Å². The van der Waals surface area contributed by atoms with E-state index in [1.807, 2.05) is 24.4 Å². The van der Waals surface area contributed by atoms with Crippen LogP contribution < -0.4 is 10.5 Å². The summed E-state index contributed by atoms with van der Waals surface area (Å²) in [5.41, 5.74) is 9.13.